The Balaban J connectivity index is 2.18. The molecule has 2 rings (SSSR count). The van der Waals surface area contributed by atoms with Gasteiger partial charge in [-0.25, -0.2) is 0 Å². The second-order valence-electron chi connectivity index (χ2n) is 4.67. The first-order chi connectivity index (χ1) is 8.95. The zero-order chi connectivity index (χ0) is 14.0. The summed E-state index contributed by atoms with van der Waals surface area (Å²) in [4.78, 5) is 26.0. The number of aromatic nitrogens is 1. The maximum absolute atomic E-state index is 12.0. The van der Waals surface area contributed by atoms with Crippen molar-refractivity contribution in [2.45, 2.75) is 20.8 Å². The van der Waals surface area contributed by atoms with Crippen molar-refractivity contribution in [1.29, 1.82) is 0 Å². The molecular weight excluding hydrogens is 240 g/mol. The lowest BCUT2D eigenvalue weighted by Crippen LogP contribution is -2.13. The Bertz CT molecular complexity index is 621. The second kappa shape index (κ2) is 5.10. The fraction of sp³-hybridized carbons (Fsp3) is 0.200. The van der Waals surface area contributed by atoms with Gasteiger partial charge >= 0.3 is 0 Å². The van der Waals surface area contributed by atoms with Gasteiger partial charge in [0.2, 0.25) is 0 Å². The van der Waals surface area contributed by atoms with Crippen LogP contribution in [0.15, 0.2) is 30.3 Å². The van der Waals surface area contributed by atoms with Crippen LogP contribution in [0, 0.1) is 13.8 Å². The van der Waals surface area contributed by atoms with Crippen LogP contribution in [0.2, 0.25) is 0 Å². The van der Waals surface area contributed by atoms with Crippen LogP contribution in [-0.4, -0.2) is 16.7 Å². The first-order valence-corrected chi connectivity index (χ1v) is 6.05. The van der Waals surface area contributed by atoms with Crippen molar-refractivity contribution in [2.24, 2.45) is 0 Å². The minimum absolute atomic E-state index is 0.0922. The number of nitrogens with one attached hydrogen (secondary N) is 2. The lowest BCUT2D eigenvalue weighted by atomic mass is 10.1. The molecule has 1 aromatic carbocycles. The highest BCUT2D eigenvalue weighted by molar-refractivity contribution is 6.04. The quantitative estimate of drug-likeness (QED) is 0.829. The molecule has 19 heavy (non-hydrogen) atoms. The maximum Gasteiger partial charge on any atom is 0.272 e. The minimum Gasteiger partial charge on any atom is -0.348 e. The molecular formula is C15H16N2O2. The number of hydrogen-bond acceptors (Lipinski definition) is 2. The molecule has 4 heteroatoms. The highest BCUT2D eigenvalue weighted by atomic mass is 16.2. The van der Waals surface area contributed by atoms with E-state index in [0.717, 1.165) is 16.8 Å². The van der Waals surface area contributed by atoms with Crippen LogP contribution in [0.3, 0.4) is 0 Å². The number of carbonyl (C=O) groups is 2. The molecule has 0 aliphatic heterocycles. The van der Waals surface area contributed by atoms with Crippen molar-refractivity contribution in [2.75, 3.05) is 5.32 Å². The standard InChI is InChI=1S/C15H16N2O2/c1-9-6-10(2)8-12(7-9)16-15(19)14-5-4-13(17-14)11(3)18/h4-8,17H,1-3H3,(H,16,19). The van der Waals surface area contributed by atoms with Crippen molar-refractivity contribution >= 4 is 17.4 Å². The van der Waals surface area contributed by atoms with Gasteiger partial charge in [-0.2, -0.15) is 0 Å². The molecule has 0 bridgehead atoms. The Labute approximate surface area is 111 Å². The molecule has 98 valence electrons. The van der Waals surface area contributed by atoms with E-state index in [1.54, 1.807) is 12.1 Å². The third kappa shape index (κ3) is 3.10. The van der Waals surface area contributed by atoms with E-state index >= 15 is 0 Å². The highest BCUT2D eigenvalue weighted by Crippen LogP contribution is 2.15. The topological polar surface area (TPSA) is 62.0 Å². The number of aryl methyl sites for hydroxylation is 2. The number of benzene rings is 1. The molecule has 0 spiro atoms. The van der Waals surface area contributed by atoms with Gasteiger partial charge in [0.25, 0.3) is 5.91 Å². The summed E-state index contributed by atoms with van der Waals surface area (Å²) in [5.41, 5.74) is 3.74. The van der Waals surface area contributed by atoms with Gasteiger partial charge in [0, 0.05) is 12.6 Å². The molecule has 0 saturated heterocycles. The number of ketones is 1. The Hall–Kier alpha value is -2.36. The van der Waals surface area contributed by atoms with Gasteiger partial charge in [0.15, 0.2) is 5.78 Å². The van der Waals surface area contributed by atoms with Crippen LogP contribution in [-0.2, 0) is 0 Å². The molecule has 0 aliphatic carbocycles. The van der Waals surface area contributed by atoms with Crippen molar-refractivity contribution < 1.29 is 9.59 Å². The number of Topliss-reactive ketones (excluding diaryl/α,β-unsaturated/α-hetero) is 1. The van der Waals surface area contributed by atoms with Gasteiger partial charge in [-0.3, -0.25) is 9.59 Å². The van der Waals surface area contributed by atoms with E-state index in [1.165, 1.54) is 6.92 Å². The van der Waals surface area contributed by atoms with Gasteiger partial charge in [-0.05, 0) is 49.2 Å². The second-order valence-corrected chi connectivity index (χ2v) is 4.67. The van der Waals surface area contributed by atoms with E-state index in [0.29, 0.717) is 11.4 Å². The normalized spacial score (nSPS) is 10.3. The molecule has 1 heterocycles. The number of aromatic amines is 1. The lowest BCUT2D eigenvalue weighted by Gasteiger charge is -2.06. The van der Waals surface area contributed by atoms with Crippen molar-refractivity contribution in [1.82, 2.24) is 4.98 Å². The summed E-state index contributed by atoms with van der Waals surface area (Å²) in [5.74, 6) is -0.344. The zero-order valence-corrected chi connectivity index (χ0v) is 11.2. The number of rotatable bonds is 3. The minimum atomic E-state index is -0.252. The largest absolute Gasteiger partial charge is 0.348 e. The number of amides is 1. The predicted octanol–water partition coefficient (Wildman–Crippen LogP) is 3.09. The number of hydrogen-bond donors (Lipinski definition) is 2. The van der Waals surface area contributed by atoms with Gasteiger partial charge in [0.1, 0.15) is 5.69 Å². The summed E-state index contributed by atoms with van der Waals surface area (Å²) in [5, 5.41) is 2.81. The highest BCUT2D eigenvalue weighted by Gasteiger charge is 2.10. The van der Waals surface area contributed by atoms with E-state index in [4.69, 9.17) is 0 Å². The average molecular weight is 256 g/mol. The summed E-state index contributed by atoms with van der Waals surface area (Å²) in [6.45, 7) is 5.41. The van der Waals surface area contributed by atoms with Crippen LogP contribution < -0.4 is 5.32 Å². The van der Waals surface area contributed by atoms with Crippen molar-refractivity contribution in [3.63, 3.8) is 0 Å². The van der Waals surface area contributed by atoms with Crippen LogP contribution in [0.4, 0.5) is 5.69 Å². The summed E-state index contributed by atoms with van der Waals surface area (Å²) in [6.07, 6.45) is 0. The fourth-order valence-electron chi connectivity index (χ4n) is 1.98. The zero-order valence-electron chi connectivity index (χ0n) is 11.2. The third-order valence-corrected chi connectivity index (χ3v) is 2.79. The molecule has 0 fully saturated rings. The molecule has 0 saturated carbocycles. The molecule has 0 radical (unpaired) electrons. The molecule has 2 N–H and O–H groups in total. The first kappa shape index (κ1) is 13.1. The average Bonchev–Trinajstić information content (AvgIpc) is 2.76. The van der Waals surface area contributed by atoms with Crippen LogP contribution in [0.1, 0.15) is 39.0 Å². The van der Waals surface area contributed by atoms with Gasteiger partial charge in [-0.1, -0.05) is 6.07 Å². The van der Waals surface area contributed by atoms with E-state index < -0.39 is 0 Å². The molecule has 4 nitrogen and oxygen atoms in total. The van der Waals surface area contributed by atoms with Crippen molar-refractivity contribution in [3.05, 3.63) is 52.8 Å². The Morgan fingerprint density at radius 3 is 2.11 bits per heavy atom. The third-order valence-electron chi connectivity index (χ3n) is 2.79. The fourth-order valence-corrected chi connectivity index (χ4v) is 1.98. The van der Waals surface area contributed by atoms with Gasteiger partial charge in [0.05, 0.1) is 5.69 Å². The van der Waals surface area contributed by atoms with Crippen LogP contribution in [0.5, 0.6) is 0 Å². The summed E-state index contributed by atoms with van der Waals surface area (Å²) in [7, 11) is 0. The van der Waals surface area contributed by atoms with E-state index in [1.807, 2.05) is 32.0 Å². The Morgan fingerprint density at radius 1 is 1.00 bits per heavy atom. The summed E-state index contributed by atoms with van der Waals surface area (Å²) < 4.78 is 0. The monoisotopic (exact) mass is 256 g/mol. The smallest absolute Gasteiger partial charge is 0.272 e. The number of H-pyrrole nitrogens is 1. The molecule has 0 atom stereocenters. The molecule has 1 amide bonds. The Kier molecular flexibility index (Phi) is 3.51. The molecule has 2 aromatic rings. The molecule has 0 unspecified atom stereocenters. The van der Waals surface area contributed by atoms with Crippen LogP contribution >= 0.6 is 0 Å². The number of anilines is 1. The van der Waals surface area contributed by atoms with Crippen LogP contribution in [0.25, 0.3) is 0 Å². The maximum atomic E-state index is 12.0. The predicted molar refractivity (Wildman–Crippen MR) is 74.7 cm³/mol. The summed E-state index contributed by atoms with van der Waals surface area (Å²) >= 11 is 0. The Morgan fingerprint density at radius 2 is 1.58 bits per heavy atom. The molecule has 1 aromatic heterocycles. The summed E-state index contributed by atoms with van der Waals surface area (Å²) in [6, 6.07) is 9.06. The first-order valence-electron chi connectivity index (χ1n) is 6.05. The molecule has 0 aliphatic rings. The SMILES string of the molecule is CC(=O)c1ccc(C(=O)Nc2cc(C)cc(C)c2)[nH]1. The van der Waals surface area contributed by atoms with Crippen molar-refractivity contribution in [3.8, 4) is 0 Å². The van der Waals surface area contributed by atoms with E-state index in [2.05, 4.69) is 10.3 Å². The lowest BCUT2D eigenvalue weighted by molar-refractivity contribution is 0.101. The van der Waals surface area contributed by atoms with E-state index in [9.17, 15) is 9.59 Å². The van der Waals surface area contributed by atoms with E-state index in [-0.39, 0.29) is 11.7 Å². The van der Waals surface area contributed by atoms with Gasteiger partial charge < -0.3 is 10.3 Å². The number of carbonyl (C=O) groups excluding carboxylic acids is 2. The van der Waals surface area contributed by atoms with Gasteiger partial charge in [-0.15, -0.1) is 0 Å².